The predicted octanol–water partition coefficient (Wildman–Crippen LogP) is 0.795. The van der Waals surface area contributed by atoms with E-state index in [1.54, 1.807) is 18.1 Å². The Kier molecular flexibility index (Phi) is 4.98. The van der Waals surface area contributed by atoms with Crippen LogP contribution in [-0.2, 0) is 4.79 Å². The number of thioether (sulfide) groups is 1. The van der Waals surface area contributed by atoms with E-state index < -0.39 is 5.97 Å². The lowest BCUT2D eigenvalue weighted by atomic mass is 10.3. The van der Waals surface area contributed by atoms with Gasteiger partial charge in [0.2, 0.25) is 0 Å². The summed E-state index contributed by atoms with van der Waals surface area (Å²) < 4.78 is 0. The molecule has 0 amide bonds. The first-order valence-corrected chi connectivity index (χ1v) is 7.46. The van der Waals surface area contributed by atoms with Crippen molar-refractivity contribution in [2.75, 3.05) is 43.9 Å². The summed E-state index contributed by atoms with van der Waals surface area (Å²) in [4.78, 5) is 23.4. The third-order valence-electron chi connectivity index (χ3n) is 3.11. The van der Waals surface area contributed by atoms with Crippen molar-refractivity contribution in [3.8, 4) is 0 Å². The number of carbonyl (C=O) groups is 1. The van der Waals surface area contributed by atoms with Crippen LogP contribution in [0.5, 0.6) is 0 Å². The molecule has 1 aromatic rings. The quantitative estimate of drug-likeness (QED) is 0.647. The van der Waals surface area contributed by atoms with E-state index in [1.807, 2.05) is 17.2 Å². The second kappa shape index (κ2) is 6.72. The Morgan fingerprint density at radius 1 is 1.37 bits per heavy atom. The van der Waals surface area contributed by atoms with Crippen molar-refractivity contribution >= 4 is 23.5 Å². The van der Waals surface area contributed by atoms with Gasteiger partial charge < -0.3 is 10.0 Å². The zero-order chi connectivity index (χ0) is 13.7. The highest BCUT2D eigenvalue weighted by Crippen LogP contribution is 2.18. The number of rotatable bonds is 4. The first kappa shape index (κ1) is 14.1. The number of nitrogens with zero attached hydrogens (tertiary/aromatic N) is 4. The third kappa shape index (κ3) is 4.07. The van der Waals surface area contributed by atoms with Gasteiger partial charge >= 0.3 is 5.97 Å². The van der Waals surface area contributed by atoms with E-state index in [2.05, 4.69) is 14.9 Å². The average Bonchev–Trinajstić information content (AvgIpc) is 2.64. The number of carboxylic acid groups (broad SMARTS) is 1. The molecule has 0 saturated carbocycles. The molecule has 19 heavy (non-hydrogen) atoms. The Morgan fingerprint density at radius 2 is 2.21 bits per heavy atom. The standard InChI is InChI=1S/C12H18N4O2S/c1-19-11-7-10(13-9-14-11)16-4-2-3-15(5-6-16)8-12(17)18/h7,9H,2-6,8H2,1H3,(H,17,18). The molecule has 0 spiro atoms. The smallest absolute Gasteiger partial charge is 0.317 e. The molecule has 1 aliphatic rings. The third-order valence-corrected chi connectivity index (χ3v) is 3.75. The molecule has 1 aromatic heterocycles. The van der Waals surface area contributed by atoms with Gasteiger partial charge in [0.05, 0.1) is 6.54 Å². The van der Waals surface area contributed by atoms with Gasteiger partial charge in [0.1, 0.15) is 17.2 Å². The van der Waals surface area contributed by atoms with E-state index in [1.165, 1.54) is 0 Å². The van der Waals surface area contributed by atoms with Gasteiger partial charge in [-0.25, -0.2) is 9.97 Å². The molecule has 2 heterocycles. The van der Waals surface area contributed by atoms with Crippen LogP contribution in [0.3, 0.4) is 0 Å². The summed E-state index contributed by atoms with van der Waals surface area (Å²) in [5, 5.41) is 9.79. The number of anilines is 1. The highest BCUT2D eigenvalue weighted by atomic mass is 32.2. The molecular weight excluding hydrogens is 264 g/mol. The lowest BCUT2D eigenvalue weighted by Gasteiger charge is -2.22. The Bertz CT molecular complexity index is 443. The van der Waals surface area contributed by atoms with Crippen molar-refractivity contribution in [2.24, 2.45) is 0 Å². The van der Waals surface area contributed by atoms with E-state index in [4.69, 9.17) is 5.11 Å². The summed E-state index contributed by atoms with van der Waals surface area (Å²) >= 11 is 1.60. The molecule has 0 atom stereocenters. The normalized spacial score (nSPS) is 17.2. The van der Waals surface area contributed by atoms with Gasteiger partial charge in [0.25, 0.3) is 0 Å². The van der Waals surface area contributed by atoms with Crippen molar-refractivity contribution in [2.45, 2.75) is 11.4 Å². The topological polar surface area (TPSA) is 69.6 Å². The van der Waals surface area contributed by atoms with Gasteiger partial charge in [-0.05, 0) is 12.7 Å². The van der Waals surface area contributed by atoms with Crippen molar-refractivity contribution in [3.05, 3.63) is 12.4 Å². The predicted molar refractivity (Wildman–Crippen MR) is 74.7 cm³/mol. The van der Waals surface area contributed by atoms with Gasteiger partial charge in [0.15, 0.2) is 0 Å². The maximum Gasteiger partial charge on any atom is 0.317 e. The van der Waals surface area contributed by atoms with Gasteiger partial charge in [-0.3, -0.25) is 9.69 Å². The van der Waals surface area contributed by atoms with Crippen LogP contribution in [0.15, 0.2) is 17.4 Å². The summed E-state index contributed by atoms with van der Waals surface area (Å²) in [6.07, 6.45) is 4.52. The molecule has 0 aromatic carbocycles. The fourth-order valence-corrected chi connectivity index (χ4v) is 2.54. The van der Waals surface area contributed by atoms with Crippen LogP contribution >= 0.6 is 11.8 Å². The van der Waals surface area contributed by atoms with E-state index in [-0.39, 0.29) is 6.54 Å². The Balaban J connectivity index is 2.00. The molecule has 2 rings (SSSR count). The number of hydrogen-bond acceptors (Lipinski definition) is 6. The maximum absolute atomic E-state index is 10.7. The molecule has 1 fully saturated rings. The first-order valence-electron chi connectivity index (χ1n) is 6.24. The minimum atomic E-state index is -0.764. The highest BCUT2D eigenvalue weighted by molar-refractivity contribution is 7.98. The molecule has 6 nitrogen and oxygen atoms in total. The lowest BCUT2D eigenvalue weighted by molar-refractivity contribution is -0.138. The van der Waals surface area contributed by atoms with Gasteiger partial charge in [-0.15, -0.1) is 11.8 Å². The van der Waals surface area contributed by atoms with E-state index >= 15 is 0 Å². The van der Waals surface area contributed by atoms with E-state index in [0.717, 1.165) is 43.4 Å². The van der Waals surface area contributed by atoms with Crippen LogP contribution in [0.1, 0.15) is 6.42 Å². The van der Waals surface area contributed by atoms with Crippen LogP contribution < -0.4 is 4.90 Å². The fourth-order valence-electron chi connectivity index (χ4n) is 2.16. The molecule has 0 unspecified atom stereocenters. The van der Waals surface area contributed by atoms with E-state index in [0.29, 0.717) is 0 Å². The molecule has 1 aliphatic heterocycles. The summed E-state index contributed by atoms with van der Waals surface area (Å²) in [6.45, 7) is 3.40. The number of aliphatic carboxylic acids is 1. The second-order valence-corrected chi connectivity index (χ2v) is 5.26. The van der Waals surface area contributed by atoms with Crippen molar-refractivity contribution < 1.29 is 9.90 Å². The Labute approximate surface area is 116 Å². The zero-order valence-corrected chi connectivity index (χ0v) is 11.8. The van der Waals surface area contributed by atoms with E-state index in [9.17, 15) is 4.79 Å². The number of hydrogen-bond donors (Lipinski definition) is 1. The van der Waals surface area contributed by atoms with Crippen LogP contribution in [0, 0.1) is 0 Å². The SMILES string of the molecule is CSc1cc(N2CCCN(CC(=O)O)CC2)ncn1. The summed E-state index contributed by atoms with van der Waals surface area (Å²) in [7, 11) is 0. The lowest BCUT2D eigenvalue weighted by Crippen LogP contribution is -2.34. The fraction of sp³-hybridized carbons (Fsp3) is 0.583. The molecule has 7 heteroatoms. The molecule has 0 bridgehead atoms. The minimum absolute atomic E-state index is 0.119. The number of aromatic nitrogens is 2. The largest absolute Gasteiger partial charge is 0.480 e. The first-order chi connectivity index (χ1) is 9.19. The van der Waals surface area contributed by atoms with Crippen molar-refractivity contribution in [3.63, 3.8) is 0 Å². The van der Waals surface area contributed by atoms with Gasteiger partial charge in [0, 0.05) is 32.2 Å². The summed E-state index contributed by atoms with van der Waals surface area (Å²) in [5.41, 5.74) is 0. The van der Waals surface area contributed by atoms with Crippen LogP contribution in [0.25, 0.3) is 0 Å². The summed E-state index contributed by atoms with van der Waals surface area (Å²) in [6, 6.07) is 1.98. The maximum atomic E-state index is 10.7. The van der Waals surface area contributed by atoms with Gasteiger partial charge in [-0.2, -0.15) is 0 Å². The molecule has 0 aliphatic carbocycles. The Morgan fingerprint density at radius 3 is 2.95 bits per heavy atom. The Hall–Kier alpha value is -1.34. The van der Waals surface area contributed by atoms with Gasteiger partial charge in [-0.1, -0.05) is 0 Å². The second-order valence-electron chi connectivity index (χ2n) is 4.43. The summed E-state index contributed by atoms with van der Waals surface area (Å²) in [5.74, 6) is 0.164. The average molecular weight is 282 g/mol. The van der Waals surface area contributed by atoms with Crippen LogP contribution in [-0.4, -0.2) is 64.9 Å². The number of carboxylic acids is 1. The monoisotopic (exact) mass is 282 g/mol. The minimum Gasteiger partial charge on any atom is -0.480 e. The molecule has 1 saturated heterocycles. The van der Waals surface area contributed by atoms with Crippen molar-refractivity contribution in [1.29, 1.82) is 0 Å². The molecule has 1 N–H and O–H groups in total. The molecule has 0 radical (unpaired) electrons. The molecule has 104 valence electrons. The van der Waals surface area contributed by atoms with Crippen LogP contribution in [0.4, 0.5) is 5.82 Å². The zero-order valence-electron chi connectivity index (χ0n) is 10.9. The highest BCUT2D eigenvalue weighted by Gasteiger charge is 2.17. The van der Waals surface area contributed by atoms with Crippen molar-refractivity contribution in [1.82, 2.24) is 14.9 Å². The molecular formula is C12H18N4O2S. The van der Waals surface area contributed by atoms with Crippen LogP contribution in [0.2, 0.25) is 0 Å².